The topological polar surface area (TPSA) is 47.3 Å². The minimum atomic E-state index is 0.00618. The zero-order chi connectivity index (χ0) is 13.8. The molecule has 0 aromatic rings. The number of hydrogen-bond acceptors (Lipinski definition) is 3. The Bertz CT molecular complexity index is 362. The smallest absolute Gasteiger partial charge is 0.246 e. The Kier molecular flexibility index (Phi) is 4.92. The zero-order valence-corrected chi connectivity index (χ0v) is 11.8. The van der Waals surface area contributed by atoms with Gasteiger partial charge in [0, 0.05) is 25.2 Å². The maximum atomic E-state index is 12.0. The minimum absolute atomic E-state index is 0.00618. The van der Waals surface area contributed by atoms with E-state index in [0.29, 0.717) is 13.0 Å². The van der Waals surface area contributed by atoms with Gasteiger partial charge in [-0.25, -0.2) is 0 Å². The fourth-order valence-electron chi connectivity index (χ4n) is 2.27. The number of piperazine rings is 1. The molecule has 0 saturated carbocycles. The molecule has 0 aromatic heterocycles. The summed E-state index contributed by atoms with van der Waals surface area (Å²) in [7, 11) is 0. The third-order valence-electron chi connectivity index (χ3n) is 3.35. The summed E-state index contributed by atoms with van der Waals surface area (Å²) in [5.41, 5.74) is 0.0867. The van der Waals surface area contributed by atoms with E-state index in [1.165, 1.54) is 0 Å². The molecular weight excluding hydrogens is 226 g/mol. The van der Waals surface area contributed by atoms with Crippen LogP contribution in [0.4, 0.5) is 0 Å². The lowest BCUT2D eigenvalue weighted by Gasteiger charge is -2.46. The van der Waals surface area contributed by atoms with E-state index in [9.17, 15) is 4.79 Å². The molecule has 1 aliphatic rings. The lowest BCUT2D eigenvalue weighted by Crippen LogP contribution is -2.59. The summed E-state index contributed by atoms with van der Waals surface area (Å²) in [5, 5.41) is 8.91. The number of carbonyl (C=O) groups excluding carboxylic acids is 1. The van der Waals surface area contributed by atoms with Gasteiger partial charge in [0.25, 0.3) is 0 Å². The molecule has 0 bridgehead atoms. The fraction of sp³-hybridized carbons (Fsp3) is 0.714. The van der Waals surface area contributed by atoms with E-state index in [2.05, 4.69) is 31.7 Å². The molecular formula is C14H23N3O. The van der Waals surface area contributed by atoms with Gasteiger partial charge in [-0.15, -0.1) is 0 Å². The molecule has 0 aromatic carbocycles. The van der Waals surface area contributed by atoms with E-state index in [1.54, 1.807) is 12.2 Å². The van der Waals surface area contributed by atoms with E-state index in [1.807, 2.05) is 11.8 Å². The van der Waals surface area contributed by atoms with Crippen molar-refractivity contribution in [2.24, 2.45) is 0 Å². The molecule has 18 heavy (non-hydrogen) atoms. The number of nitrogens with zero attached hydrogens (tertiary/aromatic N) is 3. The zero-order valence-electron chi connectivity index (χ0n) is 11.8. The van der Waals surface area contributed by atoms with Crippen molar-refractivity contribution >= 4 is 5.91 Å². The Morgan fingerprint density at radius 2 is 2.11 bits per heavy atom. The molecule has 4 nitrogen and oxygen atoms in total. The number of nitriles is 1. The summed E-state index contributed by atoms with van der Waals surface area (Å²) in [5.74, 6) is 0.0197. The fourth-order valence-corrected chi connectivity index (χ4v) is 2.27. The Morgan fingerprint density at radius 3 is 2.61 bits per heavy atom. The van der Waals surface area contributed by atoms with E-state index >= 15 is 0 Å². The van der Waals surface area contributed by atoms with E-state index in [4.69, 9.17) is 5.26 Å². The summed E-state index contributed by atoms with van der Waals surface area (Å²) in [6.45, 7) is 10.7. The van der Waals surface area contributed by atoms with Crippen LogP contribution in [0.1, 0.15) is 34.1 Å². The predicted molar refractivity (Wildman–Crippen MR) is 71.9 cm³/mol. The highest BCUT2D eigenvalue weighted by atomic mass is 16.2. The van der Waals surface area contributed by atoms with Crippen molar-refractivity contribution in [1.29, 1.82) is 5.26 Å². The molecule has 0 radical (unpaired) electrons. The first kappa shape index (κ1) is 14.7. The average Bonchev–Trinajstić information content (AvgIpc) is 2.28. The highest BCUT2D eigenvalue weighted by molar-refractivity contribution is 5.87. The number of carbonyl (C=O) groups is 1. The van der Waals surface area contributed by atoms with E-state index in [-0.39, 0.29) is 17.5 Å². The van der Waals surface area contributed by atoms with Crippen LogP contribution in [0.3, 0.4) is 0 Å². The van der Waals surface area contributed by atoms with Gasteiger partial charge in [0.05, 0.1) is 18.5 Å². The third-order valence-corrected chi connectivity index (χ3v) is 3.35. The van der Waals surface area contributed by atoms with Crippen molar-refractivity contribution in [3.63, 3.8) is 0 Å². The summed E-state index contributed by atoms with van der Waals surface area (Å²) in [6.07, 6.45) is 3.73. The Hall–Kier alpha value is -1.34. The molecule has 0 aliphatic carbocycles. The van der Waals surface area contributed by atoms with Crippen LogP contribution in [0, 0.1) is 11.3 Å². The minimum Gasteiger partial charge on any atom is -0.333 e. The molecule has 0 N–H and O–H groups in total. The number of rotatable bonds is 2. The molecule has 1 heterocycles. The largest absolute Gasteiger partial charge is 0.333 e. The molecule has 0 spiro atoms. The SMILES string of the molecule is C/C=C/C(=O)N1CCN(C(C)(C)C)C[C@@H]1CC#N. The van der Waals surface area contributed by atoms with Crippen LogP contribution in [0.2, 0.25) is 0 Å². The summed E-state index contributed by atoms with van der Waals surface area (Å²) in [6, 6.07) is 2.20. The van der Waals surface area contributed by atoms with Gasteiger partial charge < -0.3 is 4.90 Å². The second-order valence-electron chi connectivity index (χ2n) is 5.66. The van der Waals surface area contributed by atoms with Gasteiger partial charge in [-0.1, -0.05) is 6.08 Å². The van der Waals surface area contributed by atoms with Crippen molar-refractivity contribution in [1.82, 2.24) is 9.80 Å². The molecule has 1 rings (SSSR count). The second-order valence-corrected chi connectivity index (χ2v) is 5.66. The molecule has 1 saturated heterocycles. The van der Waals surface area contributed by atoms with Crippen LogP contribution in [0.5, 0.6) is 0 Å². The van der Waals surface area contributed by atoms with Crippen molar-refractivity contribution in [3.05, 3.63) is 12.2 Å². The standard InChI is InChI=1S/C14H23N3O/c1-5-6-13(18)17-10-9-16(14(2,3)4)11-12(17)7-8-15/h5-6,12H,7,9-11H2,1-4H3/b6-5+/t12-/m0/s1. The maximum absolute atomic E-state index is 12.0. The maximum Gasteiger partial charge on any atom is 0.246 e. The van der Waals surface area contributed by atoms with Gasteiger partial charge in [-0.05, 0) is 33.8 Å². The molecule has 1 amide bonds. The third kappa shape index (κ3) is 3.58. The van der Waals surface area contributed by atoms with Crippen molar-refractivity contribution in [2.75, 3.05) is 19.6 Å². The van der Waals surface area contributed by atoms with Crippen LogP contribution in [0.15, 0.2) is 12.2 Å². The molecule has 0 unspecified atom stereocenters. The van der Waals surface area contributed by atoms with Gasteiger partial charge in [0.2, 0.25) is 5.91 Å². The quantitative estimate of drug-likeness (QED) is 0.701. The highest BCUT2D eigenvalue weighted by Crippen LogP contribution is 2.21. The van der Waals surface area contributed by atoms with Crippen LogP contribution >= 0.6 is 0 Å². The first-order valence-electron chi connectivity index (χ1n) is 6.45. The summed E-state index contributed by atoms with van der Waals surface area (Å²) < 4.78 is 0. The Balaban J connectivity index is 2.79. The molecule has 1 fully saturated rings. The Labute approximate surface area is 110 Å². The van der Waals surface area contributed by atoms with Crippen molar-refractivity contribution < 1.29 is 4.79 Å². The summed E-state index contributed by atoms with van der Waals surface area (Å²) in [4.78, 5) is 16.1. The van der Waals surface area contributed by atoms with E-state index < -0.39 is 0 Å². The second kappa shape index (κ2) is 6.01. The number of allylic oxidation sites excluding steroid dienone is 1. The van der Waals surface area contributed by atoms with Crippen molar-refractivity contribution in [2.45, 2.75) is 45.7 Å². The highest BCUT2D eigenvalue weighted by Gasteiger charge is 2.33. The molecule has 1 atom stereocenters. The monoisotopic (exact) mass is 249 g/mol. The predicted octanol–water partition coefficient (Wildman–Crippen LogP) is 1.79. The Morgan fingerprint density at radius 1 is 1.44 bits per heavy atom. The lowest BCUT2D eigenvalue weighted by molar-refractivity contribution is -0.131. The van der Waals surface area contributed by atoms with Crippen LogP contribution in [0.25, 0.3) is 0 Å². The first-order chi connectivity index (χ1) is 8.40. The van der Waals surface area contributed by atoms with Gasteiger partial charge in [-0.3, -0.25) is 9.69 Å². The van der Waals surface area contributed by atoms with Gasteiger partial charge in [0.1, 0.15) is 0 Å². The van der Waals surface area contributed by atoms with Gasteiger partial charge in [0.15, 0.2) is 0 Å². The van der Waals surface area contributed by atoms with Crippen LogP contribution in [-0.4, -0.2) is 46.9 Å². The number of amides is 1. The van der Waals surface area contributed by atoms with Crippen LogP contribution < -0.4 is 0 Å². The first-order valence-corrected chi connectivity index (χ1v) is 6.45. The number of hydrogen-bond donors (Lipinski definition) is 0. The van der Waals surface area contributed by atoms with Gasteiger partial charge >= 0.3 is 0 Å². The van der Waals surface area contributed by atoms with Crippen LogP contribution in [-0.2, 0) is 4.79 Å². The lowest BCUT2D eigenvalue weighted by atomic mass is 10.0. The molecule has 1 aliphatic heterocycles. The molecule has 100 valence electrons. The average molecular weight is 249 g/mol. The normalized spacial score (nSPS) is 22.2. The molecule has 4 heteroatoms. The van der Waals surface area contributed by atoms with Gasteiger partial charge in [-0.2, -0.15) is 5.26 Å². The summed E-state index contributed by atoms with van der Waals surface area (Å²) >= 11 is 0. The van der Waals surface area contributed by atoms with Crippen molar-refractivity contribution in [3.8, 4) is 6.07 Å². The van der Waals surface area contributed by atoms with E-state index in [0.717, 1.165) is 13.1 Å².